The minimum Gasteiger partial charge on any atom is -0.387 e. The molecule has 2 aromatic rings. The van der Waals surface area contributed by atoms with Crippen LogP contribution in [-0.2, 0) is 6.54 Å². The van der Waals surface area contributed by atoms with E-state index in [-0.39, 0.29) is 5.82 Å². The van der Waals surface area contributed by atoms with E-state index in [1.165, 1.54) is 17.7 Å². The number of halogens is 2. The molecule has 0 bridgehead atoms. The van der Waals surface area contributed by atoms with E-state index in [0.717, 1.165) is 49.7 Å². The zero-order chi connectivity index (χ0) is 17.6. The minimum absolute atomic E-state index is 0.274. The van der Waals surface area contributed by atoms with Gasteiger partial charge >= 0.3 is 0 Å². The molecule has 5 heteroatoms. The van der Waals surface area contributed by atoms with Gasteiger partial charge in [0.05, 0.1) is 6.10 Å². The molecule has 0 radical (unpaired) electrons. The molecule has 1 aliphatic heterocycles. The lowest BCUT2D eigenvalue weighted by Crippen LogP contribution is -2.33. The molecule has 3 rings (SSSR count). The second kappa shape index (κ2) is 8.77. The molecule has 0 unspecified atom stereocenters. The van der Waals surface area contributed by atoms with Crippen molar-refractivity contribution < 1.29 is 9.50 Å². The van der Waals surface area contributed by atoms with Gasteiger partial charge in [-0.15, -0.1) is 0 Å². The van der Waals surface area contributed by atoms with Crippen LogP contribution in [0.15, 0.2) is 48.5 Å². The Morgan fingerprint density at radius 1 is 0.920 bits per heavy atom. The Morgan fingerprint density at radius 3 is 2.28 bits per heavy atom. The van der Waals surface area contributed by atoms with Crippen molar-refractivity contribution in [3.05, 3.63) is 70.5 Å². The van der Waals surface area contributed by atoms with E-state index in [9.17, 15) is 9.50 Å². The van der Waals surface area contributed by atoms with Gasteiger partial charge in [-0.1, -0.05) is 35.9 Å². The molecule has 1 saturated heterocycles. The van der Waals surface area contributed by atoms with Crippen LogP contribution in [0.25, 0.3) is 0 Å². The van der Waals surface area contributed by atoms with Gasteiger partial charge in [0.2, 0.25) is 0 Å². The van der Waals surface area contributed by atoms with Gasteiger partial charge in [-0.05, 0) is 54.9 Å². The number of hydrogen-bond donors (Lipinski definition) is 1. The quantitative estimate of drug-likeness (QED) is 0.878. The zero-order valence-corrected chi connectivity index (χ0v) is 15.0. The lowest BCUT2D eigenvalue weighted by molar-refractivity contribution is 0.114. The topological polar surface area (TPSA) is 26.7 Å². The third-order valence-electron chi connectivity index (χ3n) is 4.69. The summed E-state index contributed by atoms with van der Waals surface area (Å²) >= 11 is 5.94. The van der Waals surface area contributed by atoms with Crippen molar-refractivity contribution in [1.82, 2.24) is 9.80 Å². The maximum Gasteiger partial charge on any atom is 0.123 e. The van der Waals surface area contributed by atoms with Gasteiger partial charge in [-0.3, -0.25) is 9.80 Å². The third-order valence-corrected chi connectivity index (χ3v) is 4.94. The first kappa shape index (κ1) is 18.3. The lowest BCUT2D eigenvalue weighted by atomic mass is 10.1. The molecule has 134 valence electrons. The predicted octanol–water partition coefficient (Wildman–Crippen LogP) is 3.72. The highest BCUT2D eigenvalue weighted by Crippen LogP contribution is 2.17. The van der Waals surface area contributed by atoms with Gasteiger partial charge < -0.3 is 5.11 Å². The highest BCUT2D eigenvalue weighted by atomic mass is 35.5. The van der Waals surface area contributed by atoms with Crippen LogP contribution in [0.4, 0.5) is 4.39 Å². The molecule has 2 aromatic carbocycles. The Kier molecular flexibility index (Phi) is 6.43. The molecular weight excluding hydrogens is 339 g/mol. The van der Waals surface area contributed by atoms with Crippen molar-refractivity contribution in [2.45, 2.75) is 19.1 Å². The molecule has 0 aromatic heterocycles. The van der Waals surface area contributed by atoms with Crippen LogP contribution >= 0.6 is 11.6 Å². The molecule has 25 heavy (non-hydrogen) atoms. The number of hydrogen-bond acceptors (Lipinski definition) is 3. The van der Waals surface area contributed by atoms with E-state index >= 15 is 0 Å². The summed E-state index contributed by atoms with van der Waals surface area (Å²) in [5.74, 6) is -0.274. The summed E-state index contributed by atoms with van der Waals surface area (Å²) in [5, 5.41) is 11.2. The summed E-state index contributed by atoms with van der Waals surface area (Å²) < 4.78 is 13.0. The highest BCUT2D eigenvalue weighted by molar-refractivity contribution is 6.30. The van der Waals surface area contributed by atoms with Crippen LogP contribution in [0.2, 0.25) is 5.02 Å². The van der Waals surface area contributed by atoms with Gasteiger partial charge in [0, 0.05) is 31.2 Å². The standard InChI is InChI=1S/C20H24ClFN2O/c21-18-6-2-16(3-7-18)14-23-10-1-11-24(13-12-23)15-20(25)17-4-8-19(22)9-5-17/h2-9,20,25H,1,10-15H2/t20-/m1/s1. The van der Waals surface area contributed by atoms with E-state index in [0.29, 0.717) is 6.54 Å². The summed E-state index contributed by atoms with van der Waals surface area (Å²) in [6, 6.07) is 14.1. The monoisotopic (exact) mass is 362 g/mol. The van der Waals surface area contributed by atoms with Crippen molar-refractivity contribution in [2.24, 2.45) is 0 Å². The molecule has 1 atom stereocenters. The molecule has 1 N–H and O–H groups in total. The van der Waals surface area contributed by atoms with Crippen molar-refractivity contribution >= 4 is 11.6 Å². The summed E-state index contributed by atoms with van der Waals surface area (Å²) in [7, 11) is 0. The van der Waals surface area contributed by atoms with Crippen LogP contribution in [-0.4, -0.2) is 47.6 Å². The largest absolute Gasteiger partial charge is 0.387 e. The average molecular weight is 363 g/mol. The maximum atomic E-state index is 13.0. The van der Waals surface area contributed by atoms with Crippen LogP contribution in [0, 0.1) is 5.82 Å². The fourth-order valence-corrected chi connectivity index (χ4v) is 3.37. The maximum absolute atomic E-state index is 13.0. The number of β-amino-alcohol motifs (C(OH)–C–C–N with tert-alkyl or cyclic N) is 1. The second-order valence-corrected chi connectivity index (χ2v) is 7.06. The zero-order valence-electron chi connectivity index (χ0n) is 14.2. The van der Waals surface area contributed by atoms with E-state index in [1.54, 1.807) is 12.1 Å². The van der Waals surface area contributed by atoms with E-state index in [4.69, 9.17) is 11.6 Å². The van der Waals surface area contributed by atoms with Crippen LogP contribution in [0.1, 0.15) is 23.7 Å². The predicted molar refractivity (Wildman–Crippen MR) is 99.1 cm³/mol. The van der Waals surface area contributed by atoms with Crippen LogP contribution in [0.5, 0.6) is 0 Å². The van der Waals surface area contributed by atoms with Crippen LogP contribution in [0.3, 0.4) is 0 Å². The smallest absolute Gasteiger partial charge is 0.123 e. The fourth-order valence-electron chi connectivity index (χ4n) is 3.25. The molecule has 1 aliphatic rings. The number of benzene rings is 2. The van der Waals surface area contributed by atoms with E-state index in [1.807, 2.05) is 12.1 Å². The number of aliphatic hydroxyl groups is 1. The van der Waals surface area contributed by atoms with E-state index in [2.05, 4.69) is 21.9 Å². The Bertz CT molecular complexity index is 662. The summed E-state index contributed by atoms with van der Waals surface area (Å²) in [6.45, 7) is 5.41. The molecule has 0 saturated carbocycles. The third kappa shape index (κ3) is 5.51. The summed E-state index contributed by atoms with van der Waals surface area (Å²) in [4.78, 5) is 4.73. The van der Waals surface area contributed by atoms with Gasteiger partial charge in [0.25, 0.3) is 0 Å². The van der Waals surface area contributed by atoms with Crippen molar-refractivity contribution in [3.8, 4) is 0 Å². The number of rotatable bonds is 5. The summed E-state index contributed by atoms with van der Waals surface area (Å²) in [6.07, 6.45) is 0.493. The van der Waals surface area contributed by atoms with Crippen molar-refractivity contribution in [1.29, 1.82) is 0 Å². The van der Waals surface area contributed by atoms with Crippen molar-refractivity contribution in [3.63, 3.8) is 0 Å². The lowest BCUT2D eigenvalue weighted by Gasteiger charge is -2.24. The van der Waals surface area contributed by atoms with Crippen LogP contribution < -0.4 is 0 Å². The van der Waals surface area contributed by atoms with E-state index < -0.39 is 6.10 Å². The first-order valence-corrected chi connectivity index (χ1v) is 9.10. The molecule has 0 spiro atoms. The molecule has 1 heterocycles. The molecule has 1 fully saturated rings. The molecule has 0 aliphatic carbocycles. The summed E-state index contributed by atoms with van der Waals surface area (Å²) in [5.41, 5.74) is 2.04. The van der Waals surface area contributed by atoms with Gasteiger partial charge in [0.1, 0.15) is 5.82 Å². The second-order valence-electron chi connectivity index (χ2n) is 6.62. The average Bonchev–Trinajstić information content (AvgIpc) is 2.83. The molecule has 0 amide bonds. The Morgan fingerprint density at radius 2 is 1.56 bits per heavy atom. The fraction of sp³-hybridized carbons (Fsp3) is 0.400. The minimum atomic E-state index is -0.580. The van der Waals surface area contributed by atoms with Gasteiger partial charge in [-0.25, -0.2) is 4.39 Å². The van der Waals surface area contributed by atoms with Gasteiger partial charge in [-0.2, -0.15) is 0 Å². The first-order valence-electron chi connectivity index (χ1n) is 8.73. The molecular formula is C20H24ClFN2O. The highest BCUT2D eigenvalue weighted by Gasteiger charge is 2.18. The van der Waals surface area contributed by atoms with Gasteiger partial charge in [0.15, 0.2) is 0 Å². The Labute approximate surface area is 153 Å². The molecule has 3 nitrogen and oxygen atoms in total. The number of aliphatic hydroxyl groups excluding tert-OH is 1. The Hall–Kier alpha value is -1.46. The number of nitrogens with zero attached hydrogens (tertiary/aromatic N) is 2. The first-order chi connectivity index (χ1) is 12.1. The SMILES string of the molecule is O[C@H](CN1CCCN(Cc2ccc(Cl)cc2)CC1)c1ccc(F)cc1. The Balaban J connectivity index is 1.51. The van der Waals surface area contributed by atoms with Crippen molar-refractivity contribution in [2.75, 3.05) is 32.7 Å². The normalized spacial score (nSPS) is 18.0.